The molecule has 0 saturated heterocycles. The van der Waals surface area contributed by atoms with E-state index in [9.17, 15) is 4.39 Å². The van der Waals surface area contributed by atoms with Crippen LogP contribution in [0.3, 0.4) is 0 Å². The average Bonchev–Trinajstić information content (AvgIpc) is 2.69. The molecular weight excluding hydrogens is 306 g/mol. The number of halogens is 3. The Hall–Kier alpha value is -1.28. The van der Waals surface area contributed by atoms with Crippen LogP contribution in [0.4, 0.5) is 10.1 Å². The molecule has 0 saturated carbocycles. The number of anilines is 1. The third-order valence-electron chi connectivity index (χ3n) is 2.65. The molecule has 1 unspecified atom stereocenters. The van der Waals surface area contributed by atoms with Crippen LogP contribution < -0.4 is 5.32 Å². The Morgan fingerprint density at radius 3 is 2.74 bits per heavy atom. The summed E-state index contributed by atoms with van der Waals surface area (Å²) in [6, 6.07) is 7.89. The topological polar surface area (TPSA) is 35.8 Å². The van der Waals surface area contributed by atoms with E-state index in [-0.39, 0.29) is 11.6 Å². The molecule has 2 nitrogen and oxygen atoms in total. The van der Waals surface area contributed by atoms with Crippen molar-refractivity contribution in [1.29, 1.82) is 5.26 Å². The fourth-order valence-corrected chi connectivity index (χ4v) is 3.36. The van der Waals surface area contributed by atoms with Gasteiger partial charge in [-0.05, 0) is 25.1 Å². The van der Waals surface area contributed by atoms with Gasteiger partial charge in [-0.15, -0.1) is 11.3 Å². The Bertz CT molecular complexity index is 649. The highest BCUT2D eigenvalue weighted by Gasteiger charge is 2.15. The molecule has 1 aromatic carbocycles. The SMILES string of the molecule is CC(Nc1cccc(F)c1C#N)c1cc(Cl)sc1Cl. The van der Waals surface area contributed by atoms with Crippen molar-refractivity contribution in [2.24, 2.45) is 0 Å². The molecule has 2 aromatic rings. The van der Waals surface area contributed by atoms with Crippen molar-refractivity contribution < 1.29 is 4.39 Å². The van der Waals surface area contributed by atoms with Gasteiger partial charge in [0.15, 0.2) is 0 Å². The first kappa shape index (κ1) is 14.1. The second-order valence-corrected chi connectivity index (χ2v) is 6.21. The summed E-state index contributed by atoms with van der Waals surface area (Å²) in [5, 5.41) is 12.0. The van der Waals surface area contributed by atoms with Gasteiger partial charge in [0.2, 0.25) is 0 Å². The fourth-order valence-electron chi connectivity index (χ4n) is 1.72. The van der Waals surface area contributed by atoms with E-state index in [0.717, 1.165) is 5.56 Å². The van der Waals surface area contributed by atoms with Gasteiger partial charge in [0, 0.05) is 5.56 Å². The quantitative estimate of drug-likeness (QED) is 0.841. The highest BCUT2D eigenvalue weighted by Crippen LogP contribution is 2.36. The molecule has 0 bridgehead atoms. The largest absolute Gasteiger partial charge is 0.377 e. The third kappa shape index (κ3) is 3.01. The summed E-state index contributed by atoms with van der Waals surface area (Å²) >= 11 is 13.2. The molecular formula is C13H9Cl2FN2S. The monoisotopic (exact) mass is 314 g/mol. The van der Waals surface area contributed by atoms with Gasteiger partial charge in [-0.2, -0.15) is 5.26 Å². The number of hydrogen-bond acceptors (Lipinski definition) is 3. The summed E-state index contributed by atoms with van der Waals surface area (Å²) in [5.41, 5.74) is 1.25. The van der Waals surface area contributed by atoms with E-state index in [0.29, 0.717) is 14.4 Å². The summed E-state index contributed by atoms with van der Waals surface area (Å²) in [6.07, 6.45) is 0. The number of thiophene rings is 1. The minimum absolute atomic E-state index is 0.00759. The maximum atomic E-state index is 13.5. The van der Waals surface area contributed by atoms with Gasteiger partial charge in [-0.3, -0.25) is 0 Å². The molecule has 6 heteroatoms. The zero-order valence-corrected chi connectivity index (χ0v) is 12.2. The lowest BCUT2D eigenvalue weighted by atomic mass is 10.1. The normalized spacial score (nSPS) is 11.9. The summed E-state index contributed by atoms with van der Waals surface area (Å²) in [4.78, 5) is 0. The Morgan fingerprint density at radius 1 is 1.42 bits per heavy atom. The maximum absolute atomic E-state index is 13.5. The lowest BCUT2D eigenvalue weighted by Crippen LogP contribution is -2.08. The average molecular weight is 315 g/mol. The third-order valence-corrected chi connectivity index (χ3v) is 4.16. The number of rotatable bonds is 3. The second-order valence-electron chi connectivity index (χ2n) is 3.92. The summed E-state index contributed by atoms with van der Waals surface area (Å²) in [5.74, 6) is -0.547. The maximum Gasteiger partial charge on any atom is 0.143 e. The van der Waals surface area contributed by atoms with Crippen LogP contribution in [0, 0.1) is 17.1 Å². The Morgan fingerprint density at radius 2 is 2.16 bits per heavy atom. The highest BCUT2D eigenvalue weighted by molar-refractivity contribution is 7.20. The first-order valence-corrected chi connectivity index (χ1v) is 7.00. The highest BCUT2D eigenvalue weighted by atomic mass is 35.5. The summed E-state index contributed by atoms with van der Waals surface area (Å²) < 4.78 is 14.7. The molecule has 0 amide bonds. The van der Waals surface area contributed by atoms with Gasteiger partial charge in [-0.1, -0.05) is 29.3 Å². The molecule has 98 valence electrons. The van der Waals surface area contributed by atoms with E-state index in [4.69, 9.17) is 28.5 Å². The first-order valence-electron chi connectivity index (χ1n) is 5.42. The van der Waals surface area contributed by atoms with Crippen molar-refractivity contribution in [1.82, 2.24) is 0 Å². The van der Waals surface area contributed by atoms with E-state index in [1.807, 2.05) is 13.0 Å². The molecule has 0 aliphatic heterocycles. The molecule has 1 atom stereocenters. The molecule has 0 aliphatic carbocycles. The van der Waals surface area contributed by atoms with Crippen molar-refractivity contribution in [2.75, 3.05) is 5.32 Å². The van der Waals surface area contributed by atoms with Crippen LogP contribution in [0.25, 0.3) is 0 Å². The molecule has 2 rings (SSSR count). The van der Waals surface area contributed by atoms with E-state index in [2.05, 4.69) is 5.32 Å². The molecule has 0 spiro atoms. The van der Waals surface area contributed by atoms with Crippen LogP contribution >= 0.6 is 34.5 Å². The predicted molar refractivity (Wildman–Crippen MR) is 77.5 cm³/mol. The molecule has 0 aliphatic rings. The van der Waals surface area contributed by atoms with Crippen molar-refractivity contribution in [3.8, 4) is 6.07 Å². The number of nitrogens with one attached hydrogen (secondary N) is 1. The minimum atomic E-state index is -0.547. The summed E-state index contributed by atoms with van der Waals surface area (Å²) in [7, 11) is 0. The Kier molecular flexibility index (Phi) is 4.31. The number of benzene rings is 1. The zero-order valence-electron chi connectivity index (χ0n) is 9.88. The molecule has 0 fully saturated rings. The van der Waals surface area contributed by atoms with Gasteiger partial charge < -0.3 is 5.32 Å². The zero-order chi connectivity index (χ0) is 14.0. The smallest absolute Gasteiger partial charge is 0.143 e. The standard InChI is InChI=1S/C13H9Cl2FN2S/c1-7(8-5-12(14)19-13(8)15)18-11-4-2-3-10(16)9(11)6-17/h2-5,7,18H,1H3. The Balaban J connectivity index is 2.30. The fraction of sp³-hybridized carbons (Fsp3) is 0.154. The van der Waals surface area contributed by atoms with E-state index in [1.54, 1.807) is 18.2 Å². The van der Waals surface area contributed by atoms with Gasteiger partial charge in [-0.25, -0.2) is 4.39 Å². The number of hydrogen-bond donors (Lipinski definition) is 1. The molecule has 1 N–H and O–H groups in total. The molecule has 19 heavy (non-hydrogen) atoms. The second kappa shape index (κ2) is 5.79. The van der Waals surface area contributed by atoms with Gasteiger partial charge in [0.05, 0.1) is 20.4 Å². The van der Waals surface area contributed by atoms with Crippen molar-refractivity contribution in [3.05, 3.63) is 49.9 Å². The minimum Gasteiger partial charge on any atom is -0.377 e. The summed E-state index contributed by atoms with van der Waals surface area (Å²) in [6.45, 7) is 1.87. The first-order chi connectivity index (χ1) is 9.02. The van der Waals surface area contributed by atoms with Crippen LogP contribution in [0.2, 0.25) is 8.67 Å². The molecule has 1 aromatic heterocycles. The number of nitrogens with zero attached hydrogens (tertiary/aromatic N) is 1. The van der Waals surface area contributed by atoms with Crippen molar-refractivity contribution in [2.45, 2.75) is 13.0 Å². The lowest BCUT2D eigenvalue weighted by Gasteiger charge is -2.16. The van der Waals surface area contributed by atoms with E-state index in [1.165, 1.54) is 17.4 Å². The van der Waals surface area contributed by atoms with Crippen LogP contribution in [0.1, 0.15) is 24.1 Å². The van der Waals surface area contributed by atoms with E-state index >= 15 is 0 Å². The van der Waals surface area contributed by atoms with Gasteiger partial charge in [0.25, 0.3) is 0 Å². The van der Waals surface area contributed by atoms with E-state index < -0.39 is 5.82 Å². The van der Waals surface area contributed by atoms with Gasteiger partial charge in [0.1, 0.15) is 17.4 Å². The van der Waals surface area contributed by atoms with Crippen molar-refractivity contribution >= 4 is 40.2 Å². The number of nitriles is 1. The van der Waals surface area contributed by atoms with Crippen LogP contribution in [0.5, 0.6) is 0 Å². The van der Waals surface area contributed by atoms with Crippen LogP contribution in [-0.4, -0.2) is 0 Å². The van der Waals surface area contributed by atoms with Crippen LogP contribution in [0.15, 0.2) is 24.3 Å². The Labute approximate surface area is 124 Å². The van der Waals surface area contributed by atoms with Crippen LogP contribution in [-0.2, 0) is 0 Å². The lowest BCUT2D eigenvalue weighted by molar-refractivity contribution is 0.624. The predicted octanol–water partition coefficient (Wildman–Crippen LogP) is 5.24. The molecule has 1 heterocycles. The molecule has 0 radical (unpaired) electrons. The van der Waals surface area contributed by atoms with Gasteiger partial charge >= 0.3 is 0 Å². The van der Waals surface area contributed by atoms with Crippen molar-refractivity contribution in [3.63, 3.8) is 0 Å².